The van der Waals surface area contributed by atoms with Gasteiger partial charge >= 0.3 is 0 Å². The summed E-state index contributed by atoms with van der Waals surface area (Å²) in [7, 11) is -8.32. The van der Waals surface area contributed by atoms with Crippen molar-refractivity contribution < 1.29 is 35.5 Å². The first-order valence-corrected chi connectivity index (χ1v) is 13.8. The van der Waals surface area contributed by atoms with Gasteiger partial charge in [-0.05, 0) is 61.6 Å². The maximum atomic E-state index is 15.3. The highest BCUT2D eigenvalue weighted by atomic mass is 35.5. The minimum Gasteiger partial charge on any atom is -0.490 e. The number of hydrogen-bond donors (Lipinski definition) is 2. The number of fused-ring (bicyclic) bond motifs is 3. The van der Waals surface area contributed by atoms with Gasteiger partial charge in [0.2, 0.25) is 10.0 Å². The number of aliphatic hydroxyl groups is 1. The van der Waals surface area contributed by atoms with Gasteiger partial charge in [-0.2, -0.15) is 0 Å². The average molecular weight is 522 g/mol. The molecule has 0 spiro atoms. The molecule has 4 rings (SSSR count). The lowest BCUT2D eigenvalue weighted by Crippen LogP contribution is -2.57. The molecule has 0 saturated heterocycles. The largest absolute Gasteiger partial charge is 0.490 e. The Kier molecular flexibility index (Phi) is 6.24. The fourth-order valence-electron chi connectivity index (χ4n) is 5.17. The highest BCUT2D eigenvalue weighted by Crippen LogP contribution is 2.58. The Morgan fingerprint density at radius 1 is 1.09 bits per heavy atom. The van der Waals surface area contributed by atoms with Gasteiger partial charge in [-0.15, -0.1) is 0 Å². The van der Waals surface area contributed by atoms with Crippen molar-refractivity contribution in [2.45, 2.75) is 35.0 Å². The number of aliphatic hydroxyl groups excluding tert-OH is 1. The third-order valence-corrected chi connectivity index (χ3v) is 10.3. The monoisotopic (exact) mass is 521 g/mol. The van der Waals surface area contributed by atoms with Crippen molar-refractivity contribution in [2.75, 3.05) is 12.4 Å². The van der Waals surface area contributed by atoms with Crippen molar-refractivity contribution in [1.82, 2.24) is 0 Å². The van der Waals surface area contributed by atoms with E-state index in [9.17, 15) is 26.3 Å². The molecule has 0 aromatic heterocycles. The van der Waals surface area contributed by atoms with Crippen LogP contribution >= 0.6 is 11.6 Å². The number of ether oxygens (including phenoxy) is 1. The molecule has 0 radical (unpaired) electrons. The third-order valence-electron chi connectivity index (χ3n) is 6.65. The summed E-state index contributed by atoms with van der Waals surface area (Å²) in [6.07, 6.45) is -1.54. The summed E-state index contributed by atoms with van der Waals surface area (Å²) in [4.78, 5) is -0.157. The minimum absolute atomic E-state index is 0.0754. The summed E-state index contributed by atoms with van der Waals surface area (Å²) >= 11 is 5.91. The predicted molar refractivity (Wildman–Crippen MR) is 117 cm³/mol. The highest BCUT2D eigenvalue weighted by Gasteiger charge is 2.62. The molecule has 4 atom stereocenters. The molecule has 33 heavy (non-hydrogen) atoms. The summed E-state index contributed by atoms with van der Waals surface area (Å²) in [5.74, 6) is -4.85. The number of halogens is 3. The lowest BCUT2D eigenvalue weighted by Gasteiger charge is -2.52. The Balaban J connectivity index is 1.97. The number of sulfone groups is 1. The Hall–Kier alpha value is -1.79. The smallest absolute Gasteiger partial charge is 0.209 e. The number of hydrogen-bond acceptors (Lipinski definition) is 6. The van der Waals surface area contributed by atoms with Gasteiger partial charge in [0.1, 0.15) is 10.6 Å². The van der Waals surface area contributed by atoms with E-state index in [-0.39, 0.29) is 35.8 Å². The van der Waals surface area contributed by atoms with Crippen LogP contribution in [-0.2, 0) is 24.6 Å². The van der Waals surface area contributed by atoms with Crippen LogP contribution in [0.4, 0.5) is 8.78 Å². The second kappa shape index (κ2) is 8.46. The molecule has 0 amide bonds. The van der Waals surface area contributed by atoms with Crippen molar-refractivity contribution in [1.29, 1.82) is 0 Å². The molecule has 1 heterocycles. The minimum atomic E-state index is -4.40. The van der Waals surface area contributed by atoms with Gasteiger partial charge in [0.25, 0.3) is 0 Å². The number of rotatable bonds is 5. The first kappa shape index (κ1) is 24.3. The molecule has 1 fully saturated rings. The quantitative estimate of drug-likeness (QED) is 0.623. The van der Waals surface area contributed by atoms with Crippen molar-refractivity contribution in [3.63, 3.8) is 0 Å². The lowest BCUT2D eigenvalue weighted by molar-refractivity contribution is -0.0215. The van der Waals surface area contributed by atoms with E-state index in [0.29, 0.717) is 0 Å². The summed E-state index contributed by atoms with van der Waals surface area (Å²) in [6, 6.07) is 6.99. The van der Waals surface area contributed by atoms with Crippen LogP contribution in [-0.4, -0.2) is 40.4 Å². The second-order valence-electron chi connectivity index (χ2n) is 8.42. The van der Waals surface area contributed by atoms with Gasteiger partial charge in [-0.3, -0.25) is 0 Å². The lowest BCUT2D eigenvalue weighted by atomic mass is 9.65. The fraction of sp³-hybridized carbons (Fsp3) is 0.429. The SMILES string of the molecule is NS(=O)(=O)CC[C@H]1[C@H](O)CC[C@]2(S(=O)(=O)c3ccc(Cl)cc3)c3c(F)ccc(F)c3OC[C@H]12. The van der Waals surface area contributed by atoms with Gasteiger partial charge in [0.15, 0.2) is 21.4 Å². The van der Waals surface area contributed by atoms with E-state index < -0.39 is 71.2 Å². The summed E-state index contributed by atoms with van der Waals surface area (Å²) in [6.45, 7) is -0.355. The molecule has 3 N–H and O–H groups in total. The highest BCUT2D eigenvalue weighted by molar-refractivity contribution is 7.92. The van der Waals surface area contributed by atoms with Gasteiger partial charge < -0.3 is 9.84 Å². The predicted octanol–water partition coefficient (Wildman–Crippen LogP) is 2.75. The van der Waals surface area contributed by atoms with Crippen LogP contribution < -0.4 is 9.88 Å². The van der Waals surface area contributed by atoms with E-state index in [1.807, 2.05) is 0 Å². The molecule has 12 heteroatoms. The maximum absolute atomic E-state index is 15.3. The van der Waals surface area contributed by atoms with Crippen LogP contribution in [0.1, 0.15) is 24.8 Å². The van der Waals surface area contributed by atoms with E-state index in [0.717, 1.165) is 12.1 Å². The molecule has 2 aromatic carbocycles. The molecule has 0 unspecified atom stereocenters. The zero-order valence-electron chi connectivity index (χ0n) is 17.2. The number of primary sulfonamides is 1. The summed E-state index contributed by atoms with van der Waals surface area (Å²) in [5.41, 5.74) is -0.443. The van der Waals surface area contributed by atoms with Crippen molar-refractivity contribution in [2.24, 2.45) is 17.0 Å². The first-order valence-electron chi connectivity index (χ1n) is 10.2. The van der Waals surface area contributed by atoms with E-state index >= 15 is 4.39 Å². The first-order chi connectivity index (χ1) is 15.4. The zero-order valence-corrected chi connectivity index (χ0v) is 19.6. The Bertz CT molecular complexity index is 1290. The van der Waals surface area contributed by atoms with E-state index in [4.69, 9.17) is 21.5 Å². The van der Waals surface area contributed by atoms with E-state index in [2.05, 4.69) is 0 Å². The summed E-state index contributed by atoms with van der Waals surface area (Å²) < 4.78 is 84.8. The standard InChI is InChI=1S/C21H22ClF2NO6S2/c22-12-1-3-13(4-2-12)33(29,30)21-9-7-18(26)14(8-10-32(25,27)28)15(21)11-31-20-17(24)6-5-16(23)19(20)21/h1-6,14-15,18,26H,7-11H2,(H2,25,27,28)/t14-,15-,18-,21-/m1/s1. The second-order valence-corrected chi connectivity index (χ2v) is 12.8. The molecule has 1 saturated carbocycles. The Morgan fingerprint density at radius 2 is 1.73 bits per heavy atom. The van der Waals surface area contributed by atoms with Gasteiger partial charge in [0, 0.05) is 10.9 Å². The van der Waals surface area contributed by atoms with Gasteiger partial charge in [0.05, 0.1) is 28.9 Å². The van der Waals surface area contributed by atoms with Gasteiger partial charge in [-0.1, -0.05) is 11.6 Å². The Labute approximate surface area is 195 Å². The molecule has 0 bridgehead atoms. The van der Waals surface area contributed by atoms with E-state index in [1.165, 1.54) is 24.3 Å². The average Bonchev–Trinajstić information content (AvgIpc) is 2.74. The maximum Gasteiger partial charge on any atom is 0.209 e. The van der Waals surface area contributed by atoms with Gasteiger partial charge in [-0.25, -0.2) is 30.8 Å². The van der Waals surface area contributed by atoms with Crippen LogP contribution in [0.15, 0.2) is 41.3 Å². The summed E-state index contributed by atoms with van der Waals surface area (Å²) in [5, 5.41) is 16.1. The van der Waals surface area contributed by atoms with Crippen molar-refractivity contribution in [3.05, 3.63) is 58.6 Å². The van der Waals surface area contributed by atoms with Crippen molar-refractivity contribution >= 4 is 31.5 Å². The van der Waals surface area contributed by atoms with Crippen molar-refractivity contribution in [3.8, 4) is 5.75 Å². The topological polar surface area (TPSA) is 124 Å². The normalized spacial score (nSPS) is 27.4. The number of sulfonamides is 1. The van der Waals surface area contributed by atoms with Crippen LogP contribution in [0.2, 0.25) is 5.02 Å². The van der Waals surface area contributed by atoms with Crippen LogP contribution in [0.3, 0.4) is 0 Å². The molecular weight excluding hydrogens is 500 g/mol. The fourth-order valence-corrected chi connectivity index (χ4v) is 8.30. The number of nitrogens with two attached hydrogens (primary N) is 1. The molecule has 2 aliphatic rings. The Morgan fingerprint density at radius 3 is 2.36 bits per heavy atom. The molecule has 1 aliphatic carbocycles. The van der Waals surface area contributed by atoms with Crippen LogP contribution in [0, 0.1) is 23.5 Å². The molecule has 2 aromatic rings. The molecular formula is C21H22ClF2NO6S2. The molecule has 1 aliphatic heterocycles. The number of benzene rings is 2. The zero-order chi connectivity index (χ0) is 24.2. The third kappa shape index (κ3) is 4.03. The molecule has 7 nitrogen and oxygen atoms in total. The molecule has 180 valence electrons. The van der Waals surface area contributed by atoms with E-state index in [1.54, 1.807) is 0 Å². The van der Waals surface area contributed by atoms with Crippen LogP contribution in [0.25, 0.3) is 0 Å². The van der Waals surface area contributed by atoms with Crippen LogP contribution in [0.5, 0.6) is 5.75 Å².